The predicted octanol–water partition coefficient (Wildman–Crippen LogP) is -0.810. The van der Waals surface area contributed by atoms with Crippen LogP contribution >= 0.6 is 0 Å². The summed E-state index contributed by atoms with van der Waals surface area (Å²) in [6, 6.07) is 0. The molecule has 1 aliphatic heterocycles. The Bertz CT molecular complexity index is 369. The minimum Gasteiger partial charge on any atom is -0.463 e. The topological polar surface area (TPSA) is 94.5 Å². The van der Waals surface area contributed by atoms with Gasteiger partial charge in [-0.1, -0.05) is 0 Å². The van der Waals surface area contributed by atoms with Crippen molar-refractivity contribution in [3.8, 4) is 0 Å². The van der Waals surface area contributed by atoms with E-state index in [9.17, 15) is 15.0 Å². The summed E-state index contributed by atoms with van der Waals surface area (Å²) in [6.45, 7) is 4.27. The number of ether oxygens (including phenoxy) is 4. The van der Waals surface area contributed by atoms with E-state index in [1.807, 2.05) is 0 Å². The van der Waals surface area contributed by atoms with Gasteiger partial charge < -0.3 is 29.2 Å². The molecule has 0 aromatic rings. The van der Waals surface area contributed by atoms with Crippen molar-refractivity contribution in [2.45, 2.75) is 56.6 Å². The van der Waals surface area contributed by atoms with Gasteiger partial charge in [-0.05, 0) is 13.8 Å². The zero-order valence-electron chi connectivity index (χ0n) is 11.5. The summed E-state index contributed by atoms with van der Waals surface area (Å²) in [7, 11) is 1.41. The monoisotopic (exact) mass is 276 g/mol. The highest BCUT2D eigenvalue weighted by Gasteiger charge is 2.67. The van der Waals surface area contributed by atoms with Crippen molar-refractivity contribution in [1.29, 1.82) is 0 Å². The van der Waals surface area contributed by atoms with Crippen LogP contribution in [-0.2, 0) is 23.7 Å². The number of rotatable bonds is 3. The van der Waals surface area contributed by atoms with Gasteiger partial charge in [-0.2, -0.15) is 0 Å². The molecule has 0 spiro atoms. The molecule has 5 atom stereocenters. The Morgan fingerprint density at radius 2 is 2.00 bits per heavy atom. The largest absolute Gasteiger partial charge is 0.463 e. The zero-order valence-corrected chi connectivity index (χ0v) is 11.5. The van der Waals surface area contributed by atoms with Crippen molar-refractivity contribution in [2.75, 3.05) is 13.7 Å². The fourth-order valence-corrected chi connectivity index (χ4v) is 2.70. The smallest absolute Gasteiger partial charge is 0.302 e. The summed E-state index contributed by atoms with van der Waals surface area (Å²) in [5.74, 6) is -1.44. The van der Waals surface area contributed by atoms with Crippen molar-refractivity contribution in [1.82, 2.24) is 0 Å². The summed E-state index contributed by atoms with van der Waals surface area (Å²) in [4.78, 5) is 10.9. The van der Waals surface area contributed by atoms with Crippen molar-refractivity contribution in [3.63, 3.8) is 0 Å². The number of fused-ring (bicyclic) bond motifs is 1. The minimum absolute atomic E-state index is 0.371. The normalized spacial score (nSPS) is 44.1. The second-order valence-corrected chi connectivity index (χ2v) is 5.44. The Kier molecular flexibility index (Phi) is 3.61. The van der Waals surface area contributed by atoms with Gasteiger partial charge in [0.1, 0.15) is 31.0 Å². The highest BCUT2D eigenvalue weighted by Crippen LogP contribution is 2.45. The fraction of sp³-hybridized carbons (Fsp3) is 0.917. The van der Waals surface area contributed by atoms with Gasteiger partial charge in [0, 0.05) is 14.0 Å². The molecule has 0 unspecified atom stereocenters. The molecule has 7 heteroatoms. The molecule has 1 heterocycles. The number of aliphatic hydroxyl groups excluding tert-OH is 1. The molecular formula is C12H20O7. The summed E-state index contributed by atoms with van der Waals surface area (Å²) in [5.41, 5.74) is -1.75. The molecule has 2 rings (SSSR count). The summed E-state index contributed by atoms with van der Waals surface area (Å²) >= 11 is 0. The molecule has 2 fully saturated rings. The van der Waals surface area contributed by atoms with Crippen LogP contribution in [0.4, 0.5) is 0 Å². The number of carbonyl (C=O) groups excluding carboxylic acids is 1. The maximum absolute atomic E-state index is 10.9. The number of esters is 1. The van der Waals surface area contributed by atoms with Crippen molar-refractivity contribution >= 4 is 5.97 Å². The van der Waals surface area contributed by atoms with E-state index in [2.05, 4.69) is 0 Å². The van der Waals surface area contributed by atoms with E-state index in [4.69, 9.17) is 18.9 Å². The van der Waals surface area contributed by atoms with Gasteiger partial charge in [0.15, 0.2) is 11.4 Å². The molecule has 1 aliphatic carbocycles. The Morgan fingerprint density at radius 1 is 1.37 bits per heavy atom. The number of methoxy groups -OCH3 is 1. The van der Waals surface area contributed by atoms with Gasteiger partial charge in [-0.25, -0.2) is 0 Å². The molecule has 1 saturated carbocycles. The number of aliphatic hydroxyl groups is 2. The third-order valence-corrected chi connectivity index (χ3v) is 3.55. The maximum Gasteiger partial charge on any atom is 0.302 e. The van der Waals surface area contributed by atoms with Gasteiger partial charge in [-0.3, -0.25) is 4.79 Å². The first-order chi connectivity index (χ1) is 8.71. The Balaban J connectivity index is 2.24. The maximum atomic E-state index is 10.9. The third-order valence-electron chi connectivity index (χ3n) is 3.55. The standard InChI is InChI=1S/C12H20O7/c1-6(13)17-5-12(15)9(14)7(16-4)8-10(12)19-11(2,3)18-8/h7-10,14-15H,5H2,1-4H3/t7-,8-,9+,10-,12+/m1/s1. The SMILES string of the molecule is CO[C@@H]1[C@H]2OC(C)(C)O[C@H]2[C@](O)(COC(C)=O)[C@H]1O. The van der Waals surface area contributed by atoms with Crippen LogP contribution in [0.3, 0.4) is 0 Å². The fourth-order valence-electron chi connectivity index (χ4n) is 2.70. The van der Waals surface area contributed by atoms with E-state index in [1.54, 1.807) is 13.8 Å². The molecule has 2 N–H and O–H groups in total. The van der Waals surface area contributed by atoms with E-state index < -0.39 is 41.8 Å². The van der Waals surface area contributed by atoms with Gasteiger partial charge >= 0.3 is 5.97 Å². The first-order valence-corrected chi connectivity index (χ1v) is 6.13. The highest BCUT2D eigenvalue weighted by atomic mass is 16.8. The molecule has 19 heavy (non-hydrogen) atoms. The van der Waals surface area contributed by atoms with Gasteiger partial charge in [0.25, 0.3) is 0 Å². The summed E-state index contributed by atoms with van der Waals surface area (Å²) in [5, 5.41) is 20.8. The molecule has 1 saturated heterocycles. The van der Waals surface area contributed by atoms with Crippen molar-refractivity contribution < 1.29 is 34.0 Å². The lowest BCUT2D eigenvalue weighted by Crippen LogP contribution is -2.54. The van der Waals surface area contributed by atoms with Crippen molar-refractivity contribution in [3.05, 3.63) is 0 Å². The van der Waals surface area contributed by atoms with E-state index in [0.717, 1.165) is 0 Å². The Labute approximate surface area is 111 Å². The Hall–Kier alpha value is -0.730. The van der Waals surface area contributed by atoms with E-state index in [1.165, 1.54) is 14.0 Å². The second kappa shape index (κ2) is 4.68. The van der Waals surface area contributed by atoms with Crippen LogP contribution in [0.25, 0.3) is 0 Å². The molecule has 0 amide bonds. The average molecular weight is 276 g/mol. The summed E-state index contributed by atoms with van der Waals surface area (Å²) in [6.07, 6.45) is -3.44. The van der Waals surface area contributed by atoms with Crippen LogP contribution in [0.1, 0.15) is 20.8 Å². The lowest BCUT2D eigenvalue weighted by molar-refractivity contribution is -0.225. The molecular weight excluding hydrogens is 256 g/mol. The van der Waals surface area contributed by atoms with Crippen molar-refractivity contribution in [2.24, 2.45) is 0 Å². The molecule has 7 nitrogen and oxygen atoms in total. The molecule has 0 aromatic carbocycles. The van der Waals surface area contributed by atoms with Crippen LogP contribution in [0.15, 0.2) is 0 Å². The lowest BCUT2D eigenvalue weighted by atomic mass is 9.98. The van der Waals surface area contributed by atoms with Crippen LogP contribution in [-0.4, -0.2) is 65.7 Å². The van der Waals surface area contributed by atoms with Gasteiger partial charge in [0.05, 0.1) is 0 Å². The van der Waals surface area contributed by atoms with Gasteiger partial charge in [-0.15, -0.1) is 0 Å². The molecule has 2 aliphatic rings. The van der Waals surface area contributed by atoms with Crippen LogP contribution < -0.4 is 0 Å². The lowest BCUT2D eigenvalue weighted by Gasteiger charge is -2.32. The van der Waals surface area contributed by atoms with Crippen LogP contribution in [0.2, 0.25) is 0 Å². The predicted molar refractivity (Wildman–Crippen MR) is 62.2 cm³/mol. The summed E-state index contributed by atoms with van der Waals surface area (Å²) < 4.78 is 21.3. The van der Waals surface area contributed by atoms with Gasteiger partial charge in [0.2, 0.25) is 0 Å². The first-order valence-electron chi connectivity index (χ1n) is 6.13. The number of hydrogen-bond donors (Lipinski definition) is 2. The first kappa shape index (κ1) is 14.7. The molecule has 0 aromatic heterocycles. The highest BCUT2D eigenvalue weighted by molar-refractivity contribution is 5.66. The molecule has 0 bridgehead atoms. The Morgan fingerprint density at radius 3 is 2.53 bits per heavy atom. The second-order valence-electron chi connectivity index (χ2n) is 5.44. The molecule has 0 radical (unpaired) electrons. The average Bonchev–Trinajstić information content (AvgIpc) is 2.71. The van der Waals surface area contributed by atoms with E-state index in [0.29, 0.717) is 0 Å². The number of hydrogen-bond acceptors (Lipinski definition) is 7. The number of carbonyl (C=O) groups is 1. The van der Waals surface area contributed by atoms with E-state index in [-0.39, 0.29) is 6.61 Å². The molecule has 110 valence electrons. The van der Waals surface area contributed by atoms with E-state index >= 15 is 0 Å². The minimum atomic E-state index is -1.75. The zero-order chi connectivity index (χ0) is 14.4. The quantitative estimate of drug-likeness (QED) is 0.651. The van der Waals surface area contributed by atoms with Crippen LogP contribution in [0.5, 0.6) is 0 Å². The van der Waals surface area contributed by atoms with Crippen LogP contribution in [0, 0.1) is 0 Å². The third kappa shape index (κ3) is 2.36.